The summed E-state index contributed by atoms with van der Waals surface area (Å²) in [7, 11) is 0. The lowest BCUT2D eigenvalue weighted by molar-refractivity contribution is -0.133. The molecule has 0 radical (unpaired) electrons. The van der Waals surface area contributed by atoms with E-state index in [1.165, 1.54) is 0 Å². The number of hydrogen-bond acceptors (Lipinski definition) is 3. The summed E-state index contributed by atoms with van der Waals surface area (Å²) in [5.41, 5.74) is 0.980. The van der Waals surface area contributed by atoms with Gasteiger partial charge in [-0.05, 0) is 18.1 Å². The molecule has 1 aromatic carbocycles. The smallest absolute Gasteiger partial charge is 0.318 e. The molecule has 1 rings (SSSR count). The summed E-state index contributed by atoms with van der Waals surface area (Å²) in [6.07, 6.45) is 1.26. The predicted molar refractivity (Wildman–Crippen MR) is 62.9 cm³/mol. The Morgan fingerprint density at radius 1 is 1.47 bits per heavy atom. The van der Waals surface area contributed by atoms with Gasteiger partial charge in [0, 0.05) is 12.3 Å². The maximum absolute atomic E-state index is 11.1. The van der Waals surface area contributed by atoms with E-state index in [0.717, 1.165) is 28.9 Å². The highest BCUT2D eigenvalue weighted by Gasteiger charge is 2.06. The first kappa shape index (κ1) is 12.4. The number of rotatable bonds is 5. The molecule has 0 fully saturated rings. The van der Waals surface area contributed by atoms with Gasteiger partial charge in [0.05, 0.1) is 16.9 Å². The summed E-state index contributed by atoms with van der Waals surface area (Å²) in [6, 6.07) is 7.62. The van der Waals surface area contributed by atoms with Gasteiger partial charge in [-0.15, -0.1) is 11.6 Å². The normalized spacial score (nSPS) is 10.0. The number of hydrogen-bond donors (Lipinski definition) is 0. The molecule has 0 aliphatic heterocycles. The van der Waals surface area contributed by atoms with Crippen LogP contribution in [0.2, 0.25) is 0 Å². The van der Waals surface area contributed by atoms with E-state index in [2.05, 4.69) is 0 Å². The Kier molecular flexibility index (Phi) is 5.58. The summed E-state index contributed by atoms with van der Waals surface area (Å²) in [6.45, 7) is 1.94. The summed E-state index contributed by atoms with van der Waals surface area (Å²) in [4.78, 5) is 12.0. The molecule has 2 nitrogen and oxygen atoms in total. The van der Waals surface area contributed by atoms with E-state index < -0.39 is 0 Å². The van der Waals surface area contributed by atoms with Crippen molar-refractivity contribution in [1.82, 2.24) is 0 Å². The van der Waals surface area contributed by atoms with Crippen LogP contribution < -0.4 is 0 Å². The van der Waals surface area contributed by atoms with Gasteiger partial charge in [0.25, 0.3) is 0 Å². The average Bonchev–Trinajstić information content (AvgIpc) is 2.27. The van der Waals surface area contributed by atoms with Crippen molar-refractivity contribution < 1.29 is 8.98 Å². The van der Waals surface area contributed by atoms with Gasteiger partial charge < -0.3 is 4.18 Å². The standard InChI is InChI=1S/C11H13ClO2S/c1-2-5-11(13)14-15-10-7-4-3-6-9(10)8-12/h3-4,6-7H,2,5,8H2,1H3. The number of carbonyl (C=O) groups is 1. The predicted octanol–water partition coefficient (Wildman–Crippen LogP) is 3.78. The molecule has 0 aliphatic rings. The van der Waals surface area contributed by atoms with Crippen LogP contribution in [0.15, 0.2) is 29.2 Å². The molecule has 0 unspecified atom stereocenters. The quantitative estimate of drug-likeness (QED) is 0.583. The molecular formula is C11H13ClO2S. The molecular weight excluding hydrogens is 232 g/mol. The van der Waals surface area contributed by atoms with Crippen LogP contribution in [-0.4, -0.2) is 5.97 Å². The summed E-state index contributed by atoms with van der Waals surface area (Å²) >= 11 is 6.84. The molecule has 0 spiro atoms. The number of halogens is 1. The van der Waals surface area contributed by atoms with Crippen molar-refractivity contribution in [3.63, 3.8) is 0 Å². The number of carbonyl (C=O) groups excluding carboxylic acids is 1. The third kappa shape index (κ3) is 4.14. The first-order valence-electron chi connectivity index (χ1n) is 4.79. The van der Waals surface area contributed by atoms with Crippen LogP contribution in [0.4, 0.5) is 0 Å². The highest BCUT2D eigenvalue weighted by Crippen LogP contribution is 2.25. The minimum atomic E-state index is -0.188. The van der Waals surface area contributed by atoms with Gasteiger partial charge in [0.1, 0.15) is 0 Å². The van der Waals surface area contributed by atoms with Crippen molar-refractivity contribution in [3.8, 4) is 0 Å². The SMILES string of the molecule is CCCC(=O)OSc1ccccc1CCl. The van der Waals surface area contributed by atoms with Gasteiger partial charge in [-0.1, -0.05) is 25.1 Å². The van der Waals surface area contributed by atoms with E-state index in [1.54, 1.807) is 0 Å². The Bertz CT molecular complexity index is 328. The third-order valence-corrected chi connectivity index (χ3v) is 2.93. The molecule has 4 heteroatoms. The topological polar surface area (TPSA) is 26.3 Å². The molecule has 1 aromatic rings. The van der Waals surface area contributed by atoms with E-state index in [1.807, 2.05) is 31.2 Å². The van der Waals surface area contributed by atoms with Crippen LogP contribution in [0.5, 0.6) is 0 Å². The maximum Gasteiger partial charge on any atom is 0.318 e. The van der Waals surface area contributed by atoms with Crippen molar-refractivity contribution in [2.24, 2.45) is 0 Å². The van der Waals surface area contributed by atoms with E-state index in [-0.39, 0.29) is 5.97 Å². The van der Waals surface area contributed by atoms with Crippen LogP contribution in [0.1, 0.15) is 25.3 Å². The average molecular weight is 245 g/mol. The van der Waals surface area contributed by atoms with Crippen LogP contribution in [0, 0.1) is 0 Å². The molecule has 0 saturated heterocycles. The number of alkyl halides is 1. The molecule has 0 N–H and O–H groups in total. The third-order valence-electron chi connectivity index (χ3n) is 1.80. The summed E-state index contributed by atoms with van der Waals surface area (Å²) in [5.74, 6) is 0.237. The monoisotopic (exact) mass is 244 g/mol. The lowest BCUT2D eigenvalue weighted by atomic mass is 10.2. The Morgan fingerprint density at radius 3 is 2.87 bits per heavy atom. The van der Waals surface area contributed by atoms with E-state index >= 15 is 0 Å². The Balaban J connectivity index is 2.53. The van der Waals surface area contributed by atoms with Gasteiger partial charge in [0.2, 0.25) is 0 Å². The molecule has 0 atom stereocenters. The fourth-order valence-corrected chi connectivity index (χ4v) is 1.99. The summed E-state index contributed by atoms with van der Waals surface area (Å²) in [5, 5.41) is 0. The second-order valence-electron chi connectivity index (χ2n) is 3.03. The minimum Gasteiger partial charge on any atom is -0.386 e. The number of benzene rings is 1. The zero-order valence-electron chi connectivity index (χ0n) is 8.53. The molecule has 0 aromatic heterocycles. The first-order chi connectivity index (χ1) is 7.27. The van der Waals surface area contributed by atoms with Crippen LogP contribution in [-0.2, 0) is 14.9 Å². The molecule has 0 aliphatic carbocycles. The van der Waals surface area contributed by atoms with Gasteiger partial charge in [0.15, 0.2) is 0 Å². The molecule has 0 bridgehead atoms. The second-order valence-corrected chi connectivity index (χ2v) is 4.07. The minimum absolute atomic E-state index is 0.188. The van der Waals surface area contributed by atoms with Gasteiger partial charge in [-0.25, -0.2) is 0 Å². The molecule has 0 heterocycles. The van der Waals surface area contributed by atoms with Crippen LogP contribution >= 0.6 is 23.6 Å². The lowest BCUT2D eigenvalue weighted by Crippen LogP contribution is -1.97. The Labute approximate surface area is 99.2 Å². The second kappa shape index (κ2) is 6.75. The summed E-state index contributed by atoms with van der Waals surface area (Å²) < 4.78 is 5.03. The zero-order valence-corrected chi connectivity index (χ0v) is 10.1. The molecule has 0 amide bonds. The van der Waals surface area contributed by atoms with Gasteiger partial charge in [-0.3, -0.25) is 4.79 Å². The molecule has 0 saturated carbocycles. The van der Waals surface area contributed by atoms with Crippen molar-refractivity contribution in [2.45, 2.75) is 30.5 Å². The van der Waals surface area contributed by atoms with Crippen molar-refractivity contribution in [1.29, 1.82) is 0 Å². The van der Waals surface area contributed by atoms with Crippen molar-refractivity contribution in [2.75, 3.05) is 0 Å². The molecule has 82 valence electrons. The fourth-order valence-electron chi connectivity index (χ4n) is 1.03. The first-order valence-corrected chi connectivity index (χ1v) is 6.06. The maximum atomic E-state index is 11.1. The highest BCUT2D eigenvalue weighted by atomic mass is 35.5. The Hall–Kier alpha value is -0.670. The molecule has 15 heavy (non-hydrogen) atoms. The van der Waals surface area contributed by atoms with Gasteiger partial charge >= 0.3 is 5.97 Å². The largest absolute Gasteiger partial charge is 0.386 e. The van der Waals surface area contributed by atoms with Crippen molar-refractivity contribution in [3.05, 3.63) is 29.8 Å². The lowest BCUT2D eigenvalue weighted by Gasteiger charge is -2.05. The van der Waals surface area contributed by atoms with Crippen LogP contribution in [0.25, 0.3) is 0 Å². The van der Waals surface area contributed by atoms with Gasteiger partial charge in [-0.2, -0.15) is 0 Å². The van der Waals surface area contributed by atoms with E-state index in [0.29, 0.717) is 12.3 Å². The van der Waals surface area contributed by atoms with Crippen molar-refractivity contribution >= 4 is 29.6 Å². The zero-order chi connectivity index (χ0) is 11.1. The highest BCUT2D eigenvalue weighted by molar-refractivity contribution is 7.95. The van der Waals surface area contributed by atoms with E-state index in [9.17, 15) is 4.79 Å². The fraction of sp³-hybridized carbons (Fsp3) is 0.364. The Morgan fingerprint density at radius 2 is 2.20 bits per heavy atom. The van der Waals surface area contributed by atoms with Crippen LogP contribution in [0.3, 0.4) is 0 Å². The van der Waals surface area contributed by atoms with E-state index in [4.69, 9.17) is 15.8 Å².